The Morgan fingerprint density at radius 2 is 1.30 bits per heavy atom. The third-order valence-corrected chi connectivity index (χ3v) is 4.08. The molecule has 20 heavy (non-hydrogen) atoms. The molecular weight excluding hydrogens is 246 g/mol. The van der Waals surface area contributed by atoms with Crippen LogP contribution in [0.15, 0.2) is 0 Å². The lowest BCUT2D eigenvalue weighted by Gasteiger charge is -2.31. The Labute approximate surface area is 127 Å². The molecule has 0 rings (SSSR count). The van der Waals surface area contributed by atoms with E-state index in [4.69, 9.17) is 0 Å². The number of hydrogen-bond acceptors (Lipinski definition) is 1. The first-order valence-corrected chi connectivity index (χ1v) is 8.89. The summed E-state index contributed by atoms with van der Waals surface area (Å²) in [5.74, 6) is 0.237. The molecule has 0 aromatic heterocycles. The summed E-state index contributed by atoms with van der Waals surface area (Å²) in [7, 11) is 0. The summed E-state index contributed by atoms with van der Waals surface area (Å²) < 4.78 is 0. The average molecular weight is 284 g/mol. The molecule has 0 heterocycles. The minimum atomic E-state index is 0.0216. The molecular formula is C18H37NO. The van der Waals surface area contributed by atoms with E-state index in [1.165, 1.54) is 51.4 Å². The van der Waals surface area contributed by atoms with Crippen molar-refractivity contribution in [2.75, 3.05) is 0 Å². The molecule has 0 radical (unpaired) electrons. The maximum absolute atomic E-state index is 11.9. The van der Waals surface area contributed by atoms with E-state index in [2.05, 4.69) is 33.0 Å². The maximum Gasteiger partial charge on any atom is 0.220 e. The fraction of sp³-hybridized carbons (Fsp3) is 0.944. The van der Waals surface area contributed by atoms with E-state index in [0.29, 0.717) is 6.42 Å². The minimum absolute atomic E-state index is 0.0216. The highest BCUT2D eigenvalue weighted by atomic mass is 16.1. The standard InChI is InChI=1S/C18H37NO/c1-5-8-10-12-15-18(4,16-13-11-9-6-2)19-17(20)14-7-3/h5-16H2,1-4H3,(H,19,20). The van der Waals surface area contributed by atoms with Gasteiger partial charge in [0.15, 0.2) is 0 Å². The zero-order valence-corrected chi connectivity index (χ0v) is 14.4. The lowest BCUT2D eigenvalue weighted by Crippen LogP contribution is -2.45. The fourth-order valence-electron chi connectivity index (χ4n) is 2.76. The Bertz CT molecular complexity index is 226. The molecule has 0 aliphatic heterocycles. The van der Waals surface area contributed by atoms with Crippen LogP contribution in [0.2, 0.25) is 0 Å². The van der Waals surface area contributed by atoms with Gasteiger partial charge < -0.3 is 5.32 Å². The van der Waals surface area contributed by atoms with Crippen molar-refractivity contribution in [1.82, 2.24) is 5.32 Å². The van der Waals surface area contributed by atoms with Crippen LogP contribution in [0.1, 0.15) is 105 Å². The van der Waals surface area contributed by atoms with E-state index < -0.39 is 0 Å². The first-order chi connectivity index (χ1) is 9.58. The van der Waals surface area contributed by atoms with Gasteiger partial charge in [0.1, 0.15) is 0 Å². The zero-order chi connectivity index (χ0) is 15.3. The van der Waals surface area contributed by atoms with Crippen LogP contribution in [0.4, 0.5) is 0 Å². The Morgan fingerprint density at radius 1 is 0.800 bits per heavy atom. The second-order valence-electron chi connectivity index (χ2n) is 6.48. The van der Waals surface area contributed by atoms with Crippen LogP contribution in [0.3, 0.4) is 0 Å². The monoisotopic (exact) mass is 283 g/mol. The van der Waals surface area contributed by atoms with Crippen molar-refractivity contribution in [3.8, 4) is 0 Å². The number of carbonyl (C=O) groups excluding carboxylic acids is 1. The highest BCUT2D eigenvalue weighted by Gasteiger charge is 2.24. The van der Waals surface area contributed by atoms with Crippen molar-refractivity contribution >= 4 is 5.91 Å². The van der Waals surface area contributed by atoms with E-state index in [1.807, 2.05) is 0 Å². The molecule has 0 aromatic carbocycles. The summed E-state index contributed by atoms with van der Waals surface area (Å²) in [6, 6.07) is 0. The molecule has 0 saturated heterocycles. The minimum Gasteiger partial charge on any atom is -0.351 e. The quantitative estimate of drug-likeness (QED) is 0.438. The Kier molecular flexibility index (Phi) is 11.9. The van der Waals surface area contributed by atoms with Crippen LogP contribution in [0, 0.1) is 0 Å². The topological polar surface area (TPSA) is 29.1 Å². The third-order valence-electron chi connectivity index (χ3n) is 4.08. The van der Waals surface area contributed by atoms with Gasteiger partial charge in [-0.05, 0) is 26.2 Å². The van der Waals surface area contributed by atoms with Crippen LogP contribution in [0.5, 0.6) is 0 Å². The molecule has 120 valence electrons. The van der Waals surface area contributed by atoms with Crippen molar-refractivity contribution in [2.45, 2.75) is 110 Å². The van der Waals surface area contributed by atoms with Gasteiger partial charge in [0.05, 0.1) is 0 Å². The molecule has 0 aliphatic carbocycles. The lowest BCUT2D eigenvalue weighted by molar-refractivity contribution is -0.123. The van der Waals surface area contributed by atoms with Gasteiger partial charge in [-0.2, -0.15) is 0 Å². The average Bonchev–Trinajstić information content (AvgIpc) is 2.40. The number of rotatable bonds is 13. The van der Waals surface area contributed by atoms with Gasteiger partial charge in [-0.15, -0.1) is 0 Å². The Morgan fingerprint density at radius 3 is 1.70 bits per heavy atom. The largest absolute Gasteiger partial charge is 0.351 e. The molecule has 1 N–H and O–H groups in total. The lowest BCUT2D eigenvalue weighted by atomic mass is 9.88. The molecule has 0 fully saturated rings. The number of hydrogen-bond donors (Lipinski definition) is 1. The number of amides is 1. The van der Waals surface area contributed by atoms with Gasteiger partial charge in [-0.1, -0.05) is 72.1 Å². The van der Waals surface area contributed by atoms with Crippen LogP contribution in [0.25, 0.3) is 0 Å². The van der Waals surface area contributed by atoms with Crippen molar-refractivity contribution in [2.24, 2.45) is 0 Å². The molecule has 2 nitrogen and oxygen atoms in total. The highest BCUT2D eigenvalue weighted by Crippen LogP contribution is 2.23. The Balaban J connectivity index is 4.22. The van der Waals surface area contributed by atoms with Crippen molar-refractivity contribution in [3.63, 3.8) is 0 Å². The van der Waals surface area contributed by atoms with Gasteiger partial charge in [-0.25, -0.2) is 0 Å². The number of nitrogens with one attached hydrogen (secondary N) is 1. The smallest absolute Gasteiger partial charge is 0.220 e. The zero-order valence-electron chi connectivity index (χ0n) is 14.4. The van der Waals surface area contributed by atoms with Gasteiger partial charge >= 0.3 is 0 Å². The molecule has 0 aromatic rings. The second kappa shape index (κ2) is 12.2. The van der Waals surface area contributed by atoms with E-state index in [1.54, 1.807) is 0 Å². The van der Waals surface area contributed by atoms with Crippen molar-refractivity contribution in [3.05, 3.63) is 0 Å². The summed E-state index contributed by atoms with van der Waals surface area (Å²) in [4.78, 5) is 11.9. The normalized spacial score (nSPS) is 11.6. The van der Waals surface area contributed by atoms with E-state index in [0.717, 1.165) is 19.3 Å². The summed E-state index contributed by atoms with van der Waals surface area (Å²) in [5.41, 5.74) is 0.0216. The maximum atomic E-state index is 11.9. The number of carbonyl (C=O) groups is 1. The van der Waals surface area contributed by atoms with E-state index in [9.17, 15) is 4.79 Å². The van der Waals surface area contributed by atoms with Crippen molar-refractivity contribution in [1.29, 1.82) is 0 Å². The van der Waals surface area contributed by atoms with Gasteiger partial charge in [-0.3, -0.25) is 4.79 Å². The predicted molar refractivity (Wildman–Crippen MR) is 89.0 cm³/mol. The summed E-state index contributed by atoms with van der Waals surface area (Å²) in [6.45, 7) is 8.80. The molecule has 0 saturated carbocycles. The molecule has 0 unspecified atom stereocenters. The summed E-state index contributed by atoms with van der Waals surface area (Å²) >= 11 is 0. The predicted octanol–water partition coefficient (Wildman–Crippen LogP) is 5.60. The Hall–Kier alpha value is -0.530. The van der Waals surface area contributed by atoms with Gasteiger partial charge in [0.2, 0.25) is 5.91 Å². The molecule has 0 bridgehead atoms. The molecule has 0 spiro atoms. The van der Waals surface area contributed by atoms with E-state index in [-0.39, 0.29) is 11.4 Å². The molecule has 0 atom stereocenters. The van der Waals surface area contributed by atoms with Crippen LogP contribution in [-0.4, -0.2) is 11.4 Å². The van der Waals surface area contributed by atoms with E-state index >= 15 is 0 Å². The number of unbranched alkanes of at least 4 members (excludes halogenated alkanes) is 6. The first-order valence-electron chi connectivity index (χ1n) is 8.89. The summed E-state index contributed by atoms with van der Waals surface area (Å²) in [5, 5.41) is 3.31. The van der Waals surface area contributed by atoms with Crippen LogP contribution in [-0.2, 0) is 4.79 Å². The van der Waals surface area contributed by atoms with Crippen LogP contribution < -0.4 is 5.32 Å². The summed E-state index contributed by atoms with van der Waals surface area (Å²) in [6.07, 6.45) is 14.1. The molecule has 1 amide bonds. The van der Waals surface area contributed by atoms with Crippen LogP contribution >= 0.6 is 0 Å². The highest BCUT2D eigenvalue weighted by molar-refractivity contribution is 5.76. The SMILES string of the molecule is CCCCCCC(C)(CCCCCC)NC(=O)CCC. The fourth-order valence-corrected chi connectivity index (χ4v) is 2.76. The third kappa shape index (κ3) is 10.3. The van der Waals surface area contributed by atoms with Gasteiger partial charge in [0.25, 0.3) is 0 Å². The second-order valence-corrected chi connectivity index (χ2v) is 6.48. The molecule has 2 heteroatoms. The molecule has 0 aliphatic rings. The first kappa shape index (κ1) is 19.5. The van der Waals surface area contributed by atoms with Gasteiger partial charge in [0, 0.05) is 12.0 Å². The van der Waals surface area contributed by atoms with Crippen molar-refractivity contribution < 1.29 is 4.79 Å².